The highest BCUT2D eigenvalue weighted by Crippen LogP contribution is 2.60. The van der Waals surface area contributed by atoms with Crippen molar-refractivity contribution >= 4 is 33.3 Å². The van der Waals surface area contributed by atoms with Gasteiger partial charge in [0.25, 0.3) is 0 Å². The summed E-state index contributed by atoms with van der Waals surface area (Å²) in [5, 5.41) is 2.64. The number of esters is 1. The molecule has 0 unspecified atom stereocenters. The Bertz CT molecular complexity index is 1340. The topological polar surface area (TPSA) is 111 Å². The molecule has 0 saturated heterocycles. The van der Waals surface area contributed by atoms with Crippen LogP contribution in [0, 0.1) is 17.8 Å². The summed E-state index contributed by atoms with van der Waals surface area (Å²) in [7, 11) is 0.300. The minimum absolute atomic E-state index is 0.0503. The Balaban J connectivity index is 1.37. The van der Waals surface area contributed by atoms with Gasteiger partial charge in [0, 0.05) is 12.1 Å². The van der Waals surface area contributed by atoms with Gasteiger partial charge in [0.05, 0.1) is 44.5 Å². The van der Waals surface area contributed by atoms with Crippen LogP contribution in [0.3, 0.4) is 0 Å². The normalized spacial score (nSPS) is 25.2. The number of benzene rings is 2. The molecule has 4 saturated carbocycles. The van der Waals surface area contributed by atoms with Crippen molar-refractivity contribution in [3.63, 3.8) is 0 Å². The van der Waals surface area contributed by atoms with Crippen molar-refractivity contribution < 1.29 is 32.2 Å². The average molecular weight is 557 g/mol. The minimum atomic E-state index is -3.78. The summed E-state index contributed by atoms with van der Waals surface area (Å²) in [5.74, 6) is 1.68. The number of nitrogens with one attached hydrogen (secondary N) is 1. The maximum absolute atomic E-state index is 13.1. The van der Waals surface area contributed by atoms with E-state index >= 15 is 0 Å². The van der Waals surface area contributed by atoms with Gasteiger partial charge in [-0.2, -0.15) is 0 Å². The monoisotopic (exact) mass is 556 g/mol. The SMILES string of the molecule is COC(=O)c1cc(OC)c(OC)cc1NC(=O)CN(c1ccc(C23CC4CC(CC(C4)C2)C3)cc1)S(C)(=O)=O. The number of hydrogen-bond acceptors (Lipinski definition) is 7. The summed E-state index contributed by atoms with van der Waals surface area (Å²) in [6.45, 7) is -0.468. The summed E-state index contributed by atoms with van der Waals surface area (Å²) in [6.07, 6.45) is 8.77. The zero-order valence-electron chi connectivity index (χ0n) is 22.9. The van der Waals surface area contributed by atoms with Gasteiger partial charge in [0.1, 0.15) is 6.54 Å². The molecule has 0 heterocycles. The molecule has 0 spiro atoms. The maximum Gasteiger partial charge on any atom is 0.340 e. The molecule has 39 heavy (non-hydrogen) atoms. The number of carbonyl (C=O) groups excluding carboxylic acids is 2. The summed E-state index contributed by atoms with van der Waals surface area (Å²) in [5.41, 5.74) is 2.06. The summed E-state index contributed by atoms with van der Waals surface area (Å²) < 4.78 is 42.0. The molecule has 0 radical (unpaired) electrons. The van der Waals surface area contributed by atoms with Gasteiger partial charge in [-0.25, -0.2) is 13.2 Å². The van der Waals surface area contributed by atoms with Crippen molar-refractivity contribution in [1.29, 1.82) is 0 Å². The number of hydrogen-bond donors (Lipinski definition) is 1. The molecule has 4 aliphatic rings. The zero-order valence-corrected chi connectivity index (χ0v) is 23.7. The lowest BCUT2D eigenvalue weighted by atomic mass is 9.48. The second-order valence-electron chi connectivity index (χ2n) is 11.3. The Morgan fingerprint density at radius 1 is 0.923 bits per heavy atom. The number of anilines is 2. The molecule has 1 N–H and O–H groups in total. The van der Waals surface area contributed by atoms with E-state index in [2.05, 4.69) is 5.32 Å². The van der Waals surface area contributed by atoms with Crippen LogP contribution in [0.1, 0.15) is 54.4 Å². The Labute approximate surface area is 229 Å². The third kappa shape index (κ3) is 5.31. The smallest absolute Gasteiger partial charge is 0.340 e. The van der Waals surface area contributed by atoms with E-state index in [0.717, 1.165) is 28.3 Å². The molecule has 1 amide bonds. The van der Waals surface area contributed by atoms with Crippen LogP contribution in [0.25, 0.3) is 0 Å². The molecule has 0 atom stereocenters. The summed E-state index contributed by atoms with van der Waals surface area (Å²) in [4.78, 5) is 25.5. The maximum atomic E-state index is 13.1. The fourth-order valence-electron chi connectivity index (χ4n) is 7.43. The van der Waals surface area contributed by atoms with Crippen molar-refractivity contribution in [2.45, 2.75) is 43.9 Å². The third-order valence-electron chi connectivity index (χ3n) is 8.70. The van der Waals surface area contributed by atoms with Crippen molar-refractivity contribution in [3.05, 3.63) is 47.5 Å². The van der Waals surface area contributed by atoms with E-state index in [0.29, 0.717) is 11.4 Å². The highest BCUT2D eigenvalue weighted by molar-refractivity contribution is 7.92. The summed E-state index contributed by atoms with van der Waals surface area (Å²) in [6, 6.07) is 10.5. The van der Waals surface area contributed by atoms with Crippen LogP contribution in [0.15, 0.2) is 36.4 Å². The number of methoxy groups -OCH3 is 3. The van der Waals surface area contributed by atoms with Crippen LogP contribution in [0.5, 0.6) is 11.5 Å². The first-order valence-corrected chi connectivity index (χ1v) is 15.1. The molecule has 9 nitrogen and oxygen atoms in total. The van der Waals surface area contributed by atoms with Crippen molar-refractivity contribution in [2.24, 2.45) is 17.8 Å². The highest BCUT2D eigenvalue weighted by atomic mass is 32.2. The fourth-order valence-corrected chi connectivity index (χ4v) is 8.28. The number of amides is 1. The van der Waals surface area contributed by atoms with E-state index in [-0.39, 0.29) is 22.4 Å². The quantitative estimate of drug-likeness (QED) is 0.457. The molecule has 4 fully saturated rings. The molecular formula is C29H36N2O7S. The molecule has 2 aromatic carbocycles. The van der Waals surface area contributed by atoms with Crippen LogP contribution >= 0.6 is 0 Å². The van der Waals surface area contributed by atoms with Crippen LogP contribution < -0.4 is 19.1 Å². The number of carbonyl (C=O) groups is 2. The van der Waals surface area contributed by atoms with E-state index in [1.807, 2.05) is 12.1 Å². The van der Waals surface area contributed by atoms with E-state index in [1.165, 1.54) is 77.6 Å². The Morgan fingerprint density at radius 2 is 1.46 bits per heavy atom. The van der Waals surface area contributed by atoms with Gasteiger partial charge in [0.2, 0.25) is 15.9 Å². The lowest BCUT2D eigenvalue weighted by molar-refractivity contribution is -0.114. The van der Waals surface area contributed by atoms with Crippen LogP contribution in [-0.4, -0.2) is 54.4 Å². The molecule has 10 heteroatoms. The second kappa shape index (κ2) is 10.4. The molecule has 4 aliphatic carbocycles. The second-order valence-corrected chi connectivity index (χ2v) is 13.2. The lowest BCUT2D eigenvalue weighted by Gasteiger charge is -2.57. The van der Waals surface area contributed by atoms with Gasteiger partial charge in [-0.15, -0.1) is 0 Å². The van der Waals surface area contributed by atoms with Gasteiger partial charge in [-0.3, -0.25) is 9.10 Å². The van der Waals surface area contributed by atoms with Gasteiger partial charge in [-0.05, 0) is 79.4 Å². The van der Waals surface area contributed by atoms with Gasteiger partial charge in [-0.1, -0.05) is 12.1 Å². The predicted molar refractivity (Wildman–Crippen MR) is 148 cm³/mol. The third-order valence-corrected chi connectivity index (χ3v) is 9.84. The molecular weight excluding hydrogens is 520 g/mol. The van der Waals surface area contributed by atoms with Crippen LogP contribution in [0.4, 0.5) is 11.4 Å². The first-order chi connectivity index (χ1) is 18.5. The zero-order chi connectivity index (χ0) is 27.9. The number of rotatable bonds is 9. The number of ether oxygens (including phenoxy) is 3. The predicted octanol–water partition coefficient (Wildman–Crippen LogP) is 4.36. The van der Waals surface area contributed by atoms with Gasteiger partial charge < -0.3 is 19.5 Å². The molecule has 0 aromatic heterocycles. The molecule has 6 rings (SSSR count). The number of sulfonamides is 1. The molecule has 0 aliphatic heterocycles. The standard InChI is InChI=1S/C29H36N2O7S/c1-36-25-12-23(28(33)38-3)24(13-26(25)37-2)30-27(32)17-31(39(4,34)35)22-7-5-21(6-8-22)29-14-18-9-19(15-29)11-20(10-18)16-29/h5-8,12-13,18-20H,9-11,14-17H2,1-4H3,(H,30,32). The molecule has 4 bridgehead atoms. The largest absolute Gasteiger partial charge is 0.493 e. The van der Waals surface area contributed by atoms with E-state index in [1.54, 1.807) is 12.1 Å². The fraction of sp³-hybridized carbons (Fsp3) is 0.517. The molecule has 210 valence electrons. The van der Waals surface area contributed by atoms with Crippen LogP contribution in [-0.2, 0) is 25.0 Å². The Kier molecular flexibility index (Phi) is 7.26. The van der Waals surface area contributed by atoms with Gasteiger partial charge in [0.15, 0.2) is 11.5 Å². The van der Waals surface area contributed by atoms with E-state index < -0.39 is 28.4 Å². The van der Waals surface area contributed by atoms with Gasteiger partial charge >= 0.3 is 5.97 Å². The summed E-state index contributed by atoms with van der Waals surface area (Å²) >= 11 is 0. The Morgan fingerprint density at radius 3 is 1.95 bits per heavy atom. The Hall–Kier alpha value is -3.27. The highest BCUT2D eigenvalue weighted by Gasteiger charge is 2.51. The average Bonchev–Trinajstić information content (AvgIpc) is 2.89. The minimum Gasteiger partial charge on any atom is -0.493 e. The van der Waals surface area contributed by atoms with Crippen LogP contribution in [0.2, 0.25) is 0 Å². The van der Waals surface area contributed by atoms with Crippen molar-refractivity contribution in [3.8, 4) is 11.5 Å². The lowest BCUT2D eigenvalue weighted by Crippen LogP contribution is -2.48. The first kappa shape index (κ1) is 27.3. The van der Waals surface area contributed by atoms with E-state index in [9.17, 15) is 18.0 Å². The number of nitrogens with zero attached hydrogens (tertiary/aromatic N) is 1. The molecule has 2 aromatic rings. The van der Waals surface area contributed by atoms with Crippen molar-refractivity contribution in [2.75, 3.05) is 43.8 Å². The van der Waals surface area contributed by atoms with Crippen molar-refractivity contribution in [1.82, 2.24) is 0 Å². The first-order valence-electron chi connectivity index (χ1n) is 13.3. The van der Waals surface area contributed by atoms with E-state index in [4.69, 9.17) is 14.2 Å².